The molecule has 5 nitrogen and oxygen atoms in total. The minimum atomic E-state index is -0.0371. The summed E-state index contributed by atoms with van der Waals surface area (Å²) in [5.41, 5.74) is 1.91. The summed E-state index contributed by atoms with van der Waals surface area (Å²) in [5, 5.41) is 11.5. The first kappa shape index (κ1) is 13.6. The third-order valence-corrected chi connectivity index (χ3v) is 3.65. The van der Waals surface area contributed by atoms with Crippen molar-refractivity contribution in [3.05, 3.63) is 36.2 Å². The molecule has 0 aliphatic carbocycles. The molecule has 2 rings (SSSR count). The van der Waals surface area contributed by atoms with Gasteiger partial charge < -0.3 is 9.88 Å². The van der Waals surface area contributed by atoms with Crippen molar-refractivity contribution in [2.45, 2.75) is 25.5 Å². The fraction of sp³-hybridized carbons (Fsp3) is 0.308. The van der Waals surface area contributed by atoms with Crippen molar-refractivity contribution >= 4 is 23.4 Å². The molecule has 6 heteroatoms. The van der Waals surface area contributed by atoms with Gasteiger partial charge in [-0.15, -0.1) is 10.2 Å². The van der Waals surface area contributed by atoms with Gasteiger partial charge in [-0.05, 0) is 25.5 Å². The zero-order valence-corrected chi connectivity index (χ0v) is 11.8. The number of thioether (sulfide) groups is 1. The second-order valence-corrected chi connectivity index (χ2v) is 4.99. The molecule has 0 radical (unpaired) electrons. The molecule has 0 aliphatic heterocycles. The maximum Gasteiger partial charge on any atom is 0.234 e. The molecule has 0 fully saturated rings. The Morgan fingerprint density at radius 1 is 1.42 bits per heavy atom. The predicted molar refractivity (Wildman–Crippen MR) is 76.2 cm³/mol. The maximum atomic E-state index is 11.9. The highest BCUT2D eigenvalue weighted by atomic mass is 32.2. The van der Waals surface area contributed by atoms with Crippen molar-refractivity contribution in [2.75, 3.05) is 11.1 Å². The summed E-state index contributed by atoms with van der Waals surface area (Å²) in [6, 6.07) is 7.72. The third kappa shape index (κ3) is 3.57. The van der Waals surface area contributed by atoms with E-state index in [1.54, 1.807) is 6.33 Å². The van der Waals surface area contributed by atoms with Crippen LogP contribution in [0.25, 0.3) is 0 Å². The number of hydrogen-bond acceptors (Lipinski definition) is 4. The number of aromatic nitrogens is 3. The highest BCUT2D eigenvalue weighted by molar-refractivity contribution is 7.99. The van der Waals surface area contributed by atoms with Crippen molar-refractivity contribution in [1.29, 1.82) is 0 Å². The lowest BCUT2D eigenvalue weighted by molar-refractivity contribution is -0.113. The van der Waals surface area contributed by atoms with E-state index in [4.69, 9.17) is 0 Å². The van der Waals surface area contributed by atoms with Crippen LogP contribution in [0.1, 0.15) is 12.5 Å². The van der Waals surface area contributed by atoms with Crippen LogP contribution in [0.15, 0.2) is 35.7 Å². The van der Waals surface area contributed by atoms with Gasteiger partial charge in [0.1, 0.15) is 6.33 Å². The zero-order valence-electron chi connectivity index (χ0n) is 11.0. The van der Waals surface area contributed by atoms with Gasteiger partial charge >= 0.3 is 0 Å². The van der Waals surface area contributed by atoms with E-state index < -0.39 is 0 Å². The van der Waals surface area contributed by atoms with E-state index in [0.29, 0.717) is 5.75 Å². The molecular weight excluding hydrogens is 260 g/mol. The Hall–Kier alpha value is -1.82. The fourth-order valence-corrected chi connectivity index (χ4v) is 2.38. The number of nitrogens with one attached hydrogen (secondary N) is 1. The van der Waals surface area contributed by atoms with Crippen LogP contribution in [-0.2, 0) is 11.3 Å². The summed E-state index contributed by atoms with van der Waals surface area (Å²) in [7, 11) is 0. The normalized spacial score (nSPS) is 10.4. The number of carbonyl (C=O) groups excluding carboxylic acids is 1. The van der Waals surface area contributed by atoms with Gasteiger partial charge in [0.15, 0.2) is 5.16 Å². The van der Waals surface area contributed by atoms with Crippen molar-refractivity contribution in [1.82, 2.24) is 14.8 Å². The molecule has 19 heavy (non-hydrogen) atoms. The Morgan fingerprint density at radius 3 is 2.95 bits per heavy atom. The van der Waals surface area contributed by atoms with Gasteiger partial charge in [0, 0.05) is 12.2 Å². The summed E-state index contributed by atoms with van der Waals surface area (Å²) in [6.45, 7) is 4.78. The Balaban J connectivity index is 1.90. The smallest absolute Gasteiger partial charge is 0.234 e. The highest BCUT2D eigenvalue weighted by Gasteiger charge is 2.08. The second kappa shape index (κ2) is 6.38. The van der Waals surface area contributed by atoms with E-state index in [2.05, 4.69) is 15.5 Å². The maximum absolute atomic E-state index is 11.9. The molecule has 1 aromatic heterocycles. The second-order valence-electron chi connectivity index (χ2n) is 4.05. The van der Waals surface area contributed by atoms with Gasteiger partial charge in [-0.2, -0.15) is 0 Å². The molecule has 0 bridgehead atoms. The number of nitrogens with zero attached hydrogens (tertiary/aromatic N) is 3. The van der Waals surface area contributed by atoms with Gasteiger partial charge in [0.2, 0.25) is 5.91 Å². The van der Waals surface area contributed by atoms with Crippen LogP contribution in [0.2, 0.25) is 0 Å². The van der Waals surface area contributed by atoms with Crippen molar-refractivity contribution < 1.29 is 4.79 Å². The topological polar surface area (TPSA) is 59.8 Å². The first-order valence-corrected chi connectivity index (χ1v) is 7.05. The fourth-order valence-electron chi connectivity index (χ4n) is 1.60. The number of anilines is 1. The van der Waals surface area contributed by atoms with Crippen LogP contribution in [0.4, 0.5) is 5.69 Å². The number of carbonyl (C=O) groups is 1. The van der Waals surface area contributed by atoms with E-state index >= 15 is 0 Å². The van der Waals surface area contributed by atoms with Crippen molar-refractivity contribution in [3.8, 4) is 0 Å². The van der Waals surface area contributed by atoms with Gasteiger partial charge in [0.25, 0.3) is 0 Å². The molecule has 1 heterocycles. The molecular formula is C13H16N4OS. The lowest BCUT2D eigenvalue weighted by Crippen LogP contribution is -2.15. The Kier molecular flexibility index (Phi) is 4.57. The Labute approximate surface area is 116 Å². The van der Waals surface area contributed by atoms with Crippen LogP contribution >= 0.6 is 11.8 Å². The van der Waals surface area contributed by atoms with Crippen LogP contribution < -0.4 is 5.32 Å². The van der Waals surface area contributed by atoms with E-state index in [1.165, 1.54) is 11.8 Å². The SMILES string of the molecule is CCn1cnnc1SCC(=O)Nc1ccccc1C. The summed E-state index contributed by atoms with van der Waals surface area (Å²) in [4.78, 5) is 11.9. The standard InChI is InChI=1S/C13H16N4OS/c1-3-17-9-14-16-13(17)19-8-12(18)15-11-7-5-4-6-10(11)2/h4-7,9H,3,8H2,1-2H3,(H,15,18). The lowest BCUT2D eigenvalue weighted by Gasteiger charge is -2.07. The predicted octanol–water partition coefficient (Wildman–Crippen LogP) is 2.34. The molecule has 0 saturated carbocycles. The quantitative estimate of drug-likeness (QED) is 0.852. The van der Waals surface area contributed by atoms with Gasteiger partial charge in [-0.1, -0.05) is 30.0 Å². The summed E-state index contributed by atoms with van der Waals surface area (Å²) < 4.78 is 1.91. The van der Waals surface area contributed by atoms with Gasteiger partial charge in [-0.3, -0.25) is 4.79 Å². The van der Waals surface area contributed by atoms with Crippen LogP contribution in [0, 0.1) is 6.92 Å². The van der Waals surface area contributed by atoms with Crippen LogP contribution in [0.3, 0.4) is 0 Å². The molecule has 2 aromatic rings. The molecule has 0 unspecified atom stereocenters. The summed E-state index contributed by atoms with van der Waals surface area (Å²) in [5.74, 6) is 0.289. The number of para-hydroxylation sites is 1. The van der Waals surface area contributed by atoms with E-state index in [9.17, 15) is 4.79 Å². The number of rotatable bonds is 5. The largest absolute Gasteiger partial charge is 0.325 e. The number of aryl methyl sites for hydroxylation is 2. The number of benzene rings is 1. The van der Waals surface area contributed by atoms with Crippen molar-refractivity contribution in [2.24, 2.45) is 0 Å². The molecule has 1 N–H and O–H groups in total. The monoisotopic (exact) mass is 276 g/mol. The van der Waals surface area contributed by atoms with E-state index in [0.717, 1.165) is 23.0 Å². The molecule has 0 spiro atoms. The van der Waals surface area contributed by atoms with E-state index in [1.807, 2.05) is 42.7 Å². The number of amides is 1. The Morgan fingerprint density at radius 2 is 2.21 bits per heavy atom. The minimum absolute atomic E-state index is 0.0371. The Bertz CT molecular complexity index is 567. The molecule has 0 saturated heterocycles. The molecule has 0 atom stereocenters. The van der Waals surface area contributed by atoms with E-state index in [-0.39, 0.29) is 5.91 Å². The first-order valence-electron chi connectivity index (χ1n) is 6.06. The molecule has 1 amide bonds. The highest BCUT2D eigenvalue weighted by Crippen LogP contribution is 2.17. The minimum Gasteiger partial charge on any atom is -0.325 e. The van der Waals surface area contributed by atoms with Gasteiger partial charge in [-0.25, -0.2) is 0 Å². The van der Waals surface area contributed by atoms with Crippen molar-refractivity contribution in [3.63, 3.8) is 0 Å². The molecule has 0 aliphatic rings. The van der Waals surface area contributed by atoms with Crippen LogP contribution in [-0.4, -0.2) is 26.4 Å². The zero-order chi connectivity index (χ0) is 13.7. The number of hydrogen-bond donors (Lipinski definition) is 1. The lowest BCUT2D eigenvalue weighted by atomic mass is 10.2. The third-order valence-electron chi connectivity index (χ3n) is 2.67. The summed E-state index contributed by atoms with van der Waals surface area (Å²) in [6.07, 6.45) is 1.67. The molecule has 100 valence electrons. The summed E-state index contributed by atoms with van der Waals surface area (Å²) >= 11 is 1.39. The first-order chi connectivity index (χ1) is 9.20. The van der Waals surface area contributed by atoms with Crippen LogP contribution in [0.5, 0.6) is 0 Å². The average molecular weight is 276 g/mol. The molecule has 1 aromatic carbocycles. The average Bonchev–Trinajstić information content (AvgIpc) is 2.86. The van der Waals surface area contributed by atoms with Gasteiger partial charge in [0.05, 0.1) is 5.75 Å².